The van der Waals surface area contributed by atoms with Crippen LogP contribution in [-0.2, 0) is 0 Å². The summed E-state index contributed by atoms with van der Waals surface area (Å²) in [4.78, 5) is 4.57. The monoisotopic (exact) mass is 371 g/mol. The molecule has 2 aromatic rings. The molecular formula is C18H12ClN2Se. The first-order valence-electron chi connectivity index (χ1n) is 6.77. The molecule has 1 heterocycles. The van der Waals surface area contributed by atoms with Crippen molar-refractivity contribution in [3.63, 3.8) is 0 Å². The van der Waals surface area contributed by atoms with Gasteiger partial charge in [0.05, 0.1) is 0 Å². The van der Waals surface area contributed by atoms with Crippen LogP contribution in [0.3, 0.4) is 0 Å². The van der Waals surface area contributed by atoms with Gasteiger partial charge in [-0.2, -0.15) is 0 Å². The molecule has 2 nitrogen and oxygen atoms in total. The van der Waals surface area contributed by atoms with Crippen molar-refractivity contribution in [2.45, 2.75) is 5.92 Å². The Hall–Kier alpha value is -1.89. The zero-order chi connectivity index (χ0) is 15.5. The van der Waals surface area contributed by atoms with E-state index < -0.39 is 0 Å². The molecule has 107 valence electrons. The van der Waals surface area contributed by atoms with Crippen LogP contribution < -0.4 is 0 Å². The molecule has 1 unspecified atom stereocenters. The van der Waals surface area contributed by atoms with Crippen molar-refractivity contribution in [2.75, 3.05) is 0 Å². The molecule has 1 N–H and O–H groups in total. The predicted octanol–water partition coefficient (Wildman–Crippen LogP) is 4.22. The Morgan fingerprint density at radius 3 is 2.36 bits per heavy atom. The zero-order valence-electron chi connectivity index (χ0n) is 11.6. The van der Waals surface area contributed by atoms with Gasteiger partial charge in [-0.1, -0.05) is 0 Å². The van der Waals surface area contributed by atoms with Gasteiger partial charge in [0.15, 0.2) is 0 Å². The van der Waals surface area contributed by atoms with Crippen molar-refractivity contribution in [3.8, 4) is 0 Å². The SMILES string of the molecule is N=C=C1C([Se])=NC(c2ccccc2)=CC1c1ccc(Cl)cc1. The molecule has 0 spiro atoms. The second-order valence-corrected chi connectivity index (χ2v) is 6.15. The number of nitrogens with zero attached hydrogens (tertiary/aromatic N) is 1. The number of allylic oxidation sites excluding steroid dienone is 2. The number of rotatable bonds is 2. The topological polar surface area (TPSA) is 36.2 Å². The fourth-order valence-corrected chi connectivity index (χ4v) is 3.12. The van der Waals surface area contributed by atoms with Crippen LogP contribution in [0.15, 0.2) is 71.2 Å². The van der Waals surface area contributed by atoms with Gasteiger partial charge in [0.1, 0.15) is 0 Å². The molecule has 1 atom stereocenters. The van der Waals surface area contributed by atoms with E-state index in [0.717, 1.165) is 22.4 Å². The Balaban J connectivity index is 2.10. The molecule has 1 aliphatic heterocycles. The third-order valence-electron chi connectivity index (χ3n) is 3.52. The van der Waals surface area contributed by atoms with Crippen molar-refractivity contribution < 1.29 is 0 Å². The minimum absolute atomic E-state index is 0.0567. The van der Waals surface area contributed by atoms with Gasteiger partial charge >= 0.3 is 143 Å². The van der Waals surface area contributed by atoms with Crippen LogP contribution in [0.1, 0.15) is 17.0 Å². The van der Waals surface area contributed by atoms with Crippen molar-refractivity contribution >= 4 is 43.8 Å². The fourth-order valence-electron chi connectivity index (χ4n) is 2.42. The molecule has 0 amide bonds. The average molecular weight is 371 g/mol. The van der Waals surface area contributed by atoms with Crippen molar-refractivity contribution in [1.29, 1.82) is 5.41 Å². The number of hydrogen-bond acceptors (Lipinski definition) is 2. The molecule has 0 saturated heterocycles. The van der Waals surface area contributed by atoms with Gasteiger partial charge in [0, 0.05) is 0 Å². The molecule has 1 radical (unpaired) electrons. The first kappa shape index (κ1) is 15.0. The van der Waals surface area contributed by atoms with E-state index in [2.05, 4.69) is 33.0 Å². The molecule has 0 bridgehead atoms. The number of aliphatic imine (C=N–C) groups is 1. The van der Waals surface area contributed by atoms with Crippen LogP contribution in [0, 0.1) is 5.41 Å². The van der Waals surface area contributed by atoms with E-state index in [1.54, 1.807) is 0 Å². The van der Waals surface area contributed by atoms with Gasteiger partial charge in [-0.05, 0) is 0 Å². The Bertz CT molecular complexity index is 801. The third kappa shape index (κ3) is 2.99. The van der Waals surface area contributed by atoms with Crippen LogP contribution in [0.2, 0.25) is 5.02 Å². The van der Waals surface area contributed by atoms with Gasteiger partial charge in [-0.3, -0.25) is 0 Å². The molecule has 0 aliphatic carbocycles. The number of nitrogens with one attached hydrogen (secondary N) is 1. The Morgan fingerprint density at radius 2 is 1.73 bits per heavy atom. The zero-order valence-corrected chi connectivity index (χ0v) is 14.1. The normalized spacial score (nSPS) is 17.5. The summed E-state index contributed by atoms with van der Waals surface area (Å²) in [6, 6.07) is 17.7. The molecule has 2 aromatic carbocycles. The maximum absolute atomic E-state index is 7.58. The maximum atomic E-state index is 7.58. The van der Waals surface area contributed by atoms with Crippen molar-refractivity contribution in [2.24, 2.45) is 4.99 Å². The third-order valence-corrected chi connectivity index (χ3v) is 4.43. The van der Waals surface area contributed by atoms with E-state index in [9.17, 15) is 0 Å². The van der Waals surface area contributed by atoms with Gasteiger partial charge in [0.25, 0.3) is 0 Å². The van der Waals surface area contributed by atoms with Gasteiger partial charge < -0.3 is 0 Å². The summed E-state index contributed by atoms with van der Waals surface area (Å²) >= 11 is 8.92. The quantitative estimate of drug-likeness (QED) is 0.607. The summed E-state index contributed by atoms with van der Waals surface area (Å²) < 4.78 is 0.705. The molecule has 0 fully saturated rings. The first-order chi connectivity index (χ1) is 10.7. The molecule has 22 heavy (non-hydrogen) atoms. The van der Waals surface area contributed by atoms with E-state index in [0.29, 0.717) is 9.63 Å². The van der Waals surface area contributed by atoms with Crippen LogP contribution in [-0.4, -0.2) is 26.5 Å². The van der Waals surface area contributed by atoms with Crippen molar-refractivity contribution in [1.82, 2.24) is 0 Å². The van der Waals surface area contributed by atoms with Crippen LogP contribution >= 0.6 is 11.6 Å². The Morgan fingerprint density at radius 1 is 1.05 bits per heavy atom. The van der Waals surface area contributed by atoms with E-state index in [-0.39, 0.29) is 5.92 Å². The van der Waals surface area contributed by atoms with E-state index in [1.165, 1.54) is 0 Å². The van der Waals surface area contributed by atoms with E-state index >= 15 is 0 Å². The number of halogens is 1. The Labute approximate surface area is 142 Å². The summed E-state index contributed by atoms with van der Waals surface area (Å²) in [7, 11) is 0. The van der Waals surface area contributed by atoms with Gasteiger partial charge in [-0.15, -0.1) is 0 Å². The number of benzene rings is 2. The first-order valence-corrected chi connectivity index (χ1v) is 8.01. The van der Waals surface area contributed by atoms with E-state index in [4.69, 9.17) is 17.0 Å². The van der Waals surface area contributed by atoms with Crippen molar-refractivity contribution in [3.05, 3.63) is 82.4 Å². The van der Waals surface area contributed by atoms with Crippen LogP contribution in [0.4, 0.5) is 0 Å². The van der Waals surface area contributed by atoms with Gasteiger partial charge in [0.2, 0.25) is 0 Å². The summed E-state index contributed by atoms with van der Waals surface area (Å²) in [5.74, 6) is 2.46. The average Bonchev–Trinajstić information content (AvgIpc) is 2.55. The Kier molecular flexibility index (Phi) is 4.42. The summed E-state index contributed by atoms with van der Waals surface area (Å²) in [5, 5.41) is 8.28. The molecule has 4 heteroatoms. The number of hydrogen-bond donors (Lipinski definition) is 1. The summed E-state index contributed by atoms with van der Waals surface area (Å²) in [6.07, 6.45) is 2.07. The standard InChI is InChI=1S/C18H12ClN2Se/c19-14-8-6-12(7-9-14)15-10-17(13-4-2-1-3-5-13)21-18(22)16(15)11-20/h1-10,15,20H. The predicted molar refractivity (Wildman–Crippen MR) is 93.0 cm³/mol. The molecule has 3 rings (SSSR count). The van der Waals surface area contributed by atoms with E-state index in [1.807, 2.05) is 54.6 Å². The van der Waals surface area contributed by atoms with Crippen LogP contribution in [0.5, 0.6) is 0 Å². The van der Waals surface area contributed by atoms with Gasteiger partial charge in [-0.25, -0.2) is 0 Å². The second-order valence-electron chi connectivity index (χ2n) is 4.90. The summed E-state index contributed by atoms with van der Waals surface area (Å²) in [5.41, 5.74) is 3.75. The molecule has 0 saturated carbocycles. The molecule has 0 aromatic heterocycles. The minimum atomic E-state index is -0.0567. The van der Waals surface area contributed by atoms with Crippen LogP contribution in [0.25, 0.3) is 5.70 Å². The molecule has 1 aliphatic rings. The second kappa shape index (κ2) is 6.48. The summed E-state index contributed by atoms with van der Waals surface area (Å²) in [6.45, 7) is 0. The fraction of sp³-hybridized carbons (Fsp3) is 0.0556. The molecular weight excluding hydrogens is 359 g/mol.